The molecule has 0 aromatic heterocycles. The van der Waals surface area contributed by atoms with Crippen LogP contribution in [0.4, 0.5) is 26.3 Å². The van der Waals surface area contributed by atoms with Gasteiger partial charge in [-0.15, -0.1) is 0 Å². The van der Waals surface area contributed by atoms with Crippen LogP contribution in [0.1, 0.15) is 0 Å². The summed E-state index contributed by atoms with van der Waals surface area (Å²) < 4.78 is 76.4. The minimum atomic E-state index is -5.26. The van der Waals surface area contributed by atoms with Crippen LogP contribution >= 0.6 is 15.9 Å². The number of benzene rings is 1. The second kappa shape index (κ2) is 5.21. The van der Waals surface area contributed by atoms with Crippen molar-refractivity contribution in [3.8, 4) is 5.75 Å². The molecule has 1 rings (SSSR count). The fourth-order valence-corrected chi connectivity index (χ4v) is 1.27. The van der Waals surface area contributed by atoms with Crippen molar-refractivity contribution in [2.24, 2.45) is 0 Å². The molecule has 0 N–H and O–H groups in total. The lowest BCUT2D eigenvalue weighted by Gasteiger charge is -2.16. The van der Waals surface area contributed by atoms with E-state index < -0.39 is 22.6 Å². The molecule has 0 heterocycles. The summed E-state index contributed by atoms with van der Waals surface area (Å²) in [5.74, 6) is -2.48. The highest BCUT2D eigenvalue weighted by Gasteiger charge is 2.46. The highest BCUT2D eigenvalue weighted by molar-refractivity contribution is 9.11. The van der Waals surface area contributed by atoms with Crippen molar-refractivity contribution < 1.29 is 31.1 Å². The summed E-state index contributed by atoms with van der Waals surface area (Å²) in [6.45, 7) is 0. The van der Waals surface area contributed by atoms with Gasteiger partial charge in [0, 0.05) is 0 Å². The molecular formula is C10H5BrF6O. The Kier molecular flexibility index (Phi) is 4.31. The predicted octanol–water partition coefficient (Wildman–Crippen LogP) is 4.80. The second-order valence-corrected chi connectivity index (χ2v) is 3.85. The lowest BCUT2D eigenvalue weighted by Crippen LogP contribution is -2.23. The monoisotopic (exact) mass is 334 g/mol. The van der Waals surface area contributed by atoms with Gasteiger partial charge >= 0.3 is 12.4 Å². The highest BCUT2D eigenvalue weighted by Crippen LogP contribution is 2.40. The van der Waals surface area contributed by atoms with Gasteiger partial charge in [0.2, 0.25) is 5.76 Å². The molecule has 100 valence electrons. The lowest BCUT2D eigenvalue weighted by molar-refractivity contribution is -0.130. The molecular weight excluding hydrogens is 330 g/mol. The van der Waals surface area contributed by atoms with Crippen LogP contribution in [0.5, 0.6) is 5.75 Å². The topological polar surface area (TPSA) is 9.23 Å². The predicted molar refractivity (Wildman–Crippen MR) is 55.1 cm³/mol. The first-order valence-electron chi connectivity index (χ1n) is 4.39. The summed E-state index contributed by atoms with van der Waals surface area (Å²) in [4.78, 5) is 0. The minimum Gasteiger partial charge on any atom is -0.451 e. The van der Waals surface area contributed by atoms with Crippen LogP contribution in [0.15, 0.2) is 40.6 Å². The summed E-state index contributed by atoms with van der Waals surface area (Å²) in [6, 6.07) is 6.39. The first kappa shape index (κ1) is 14.9. The molecule has 0 aliphatic rings. The standard InChI is InChI=1S/C10H5BrF6O/c11-7(9(12,13)14)8(10(15,16)17)18-6-4-2-1-3-5-6/h1-5H. The largest absolute Gasteiger partial charge is 0.451 e. The Balaban J connectivity index is 3.17. The van der Waals surface area contributed by atoms with E-state index in [0.29, 0.717) is 0 Å². The molecule has 18 heavy (non-hydrogen) atoms. The average molecular weight is 335 g/mol. The van der Waals surface area contributed by atoms with E-state index in [1.807, 2.05) is 15.9 Å². The number of ether oxygens (including phenoxy) is 1. The van der Waals surface area contributed by atoms with Crippen LogP contribution in [0.2, 0.25) is 0 Å². The van der Waals surface area contributed by atoms with Gasteiger partial charge in [-0.25, -0.2) is 0 Å². The maximum Gasteiger partial charge on any atom is 0.450 e. The van der Waals surface area contributed by atoms with Crippen LogP contribution in [0, 0.1) is 0 Å². The Hall–Kier alpha value is -1.18. The van der Waals surface area contributed by atoms with E-state index in [4.69, 9.17) is 0 Å². The number of alkyl halides is 6. The SMILES string of the molecule is FC(F)(F)C(Br)=C(Oc1ccccc1)C(F)(F)F. The summed E-state index contributed by atoms with van der Waals surface area (Å²) in [7, 11) is 0. The second-order valence-electron chi connectivity index (χ2n) is 3.05. The summed E-state index contributed by atoms with van der Waals surface area (Å²) in [5, 5.41) is 0. The molecule has 0 radical (unpaired) electrons. The minimum absolute atomic E-state index is 0.342. The normalized spacial score (nSPS) is 14.2. The Morgan fingerprint density at radius 3 is 1.78 bits per heavy atom. The molecule has 0 unspecified atom stereocenters. The van der Waals surface area contributed by atoms with Crippen LogP contribution in [-0.4, -0.2) is 12.4 Å². The van der Waals surface area contributed by atoms with Crippen LogP contribution in [0.25, 0.3) is 0 Å². The summed E-state index contributed by atoms with van der Waals surface area (Å²) in [5.41, 5.74) is 0. The van der Waals surface area contributed by atoms with Gasteiger partial charge in [-0.2, -0.15) is 26.3 Å². The number of allylic oxidation sites excluding steroid dienone is 2. The fraction of sp³-hybridized carbons (Fsp3) is 0.200. The van der Waals surface area contributed by atoms with Crippen molar-refractivity contribution in [1.29, 1.82) is 0 Å². The van der Waals surface area contributed by atoms with Crippen LogP contribution in [0.3, 0.4) is 0 Å². The van der Waals surface area contributed by atoms with Gasteiger partial charge in [-0.05, 0) is 28.1 Å². The summed E-state index contributed by atoms with van der Waals surface area (Å²) in [6.07, 6.45) is -10.4. The molecule has 0 saturated heterocycles. The van der Waals surface area contributed by atoms with E-state index >= 15 is 0 Å². The van der Waals surface area contributed by atoms with Crippen LogP contribution < -0.4 is 4.74 Å². The molecule has 0 bridgehead atoms. The Labute approximate surface area is 106 Å². The molecule has 0 aliphatic heterocycles. The molecule has 0 saturated carbocycles. The summed E-state index contributed by atoms with van der Waals surface area (Å²) >= 11 is 1.87. The van der Waals surface area contributed by atoms with E-state index in [2.05, 4.69) is 4.74 Å². The van der Waals surface area contributed by atoms with E-state index in [0.717, 1.165) is 12.1 Å². The number of hydrogen-bond donors (Lipinski definition) is 0. The van der Waals surface area contributed by atoms with Gasteiger partial charge in [-0.3, -0.25) is 0 Å². The molecule has 1 aromatic carbocycles. The zero-order chi connectivity index (χ0) is 14.0. The Bertz CT molecular complexity index is 434. The van der Waals surface area contributed by atoms with Gasteiger partial charge in [0.1, 0.15) is 10.2 Å². The number of rotatable bonds is 2. The Morgan fingerprint density at radius 1 is 0.889 bits per heavy atom. The zero-order valence-electron chi connectivity index (χ0n) is 8.44. The van der Waals surface area contributed by atoms with Gasteiger partial charge in [0.05, 0.1) is 0 Å². The maximum absolute atomic E-state index is 12.5. The average Bonchev–Trinajstić information content (AvgIpc) is 2.23. The molecule has 0 aliphatic carbocycles. The molecule has 0 fully saturated rings. The molecule has 1 aromatic rings. The van der Waals surface area contributed by atoms with Crippen molar-refractivity contribution in [2.75, 3.05) is 0 Å². The van der Waals surface area contributed by atoms with Crippen LogP contribution in [-0.2, 0) is 0 Å². The van der Waals surface area contributed by atoms with Crippen molar-refractivity contribution in [2.45, 2.75) is 12.4 Å². The smallest absolute Gasteiger partial charge is 0.450 e. The molecule has 0 spiro atoms. The quantitative estimate of drug-likeness (QED) is 0.557. The number of para-hydroxylation sites is 1. The first-order valence-corrected chi connectivity index (χ1v) is 5.18. The van der Waals surface area contributed by atoms with Crippen molar-refractivity contribution in [1.82, 2.24) is 0 Å². The van der Waals surface area contributed by atoms with E-state index in [9.17, 15) is 26.3 Å². The van der Waals surface area contributed by atoms with Gasteiger partial charge in [0.15, 0.2) is 0 Å². The maximum atomic E-state index is 12.5. The van der Waals surface area contributed by atoms with Crippen molar-refractivity contribution in [3.05, 3.63) is 40.6 Å². The molecule has 0 atom stereocenters. The fourth-order valence-electron chi connectivity index (χ4n) is 0.962. The van der Waals surface area contributed by atoms with Crippen molar-refractivity contribution >= 4 is 15.9 Å². The number of hydrogen-bond acceptors (Lipinski definition) is 1. The molecule has 0 amide bonds. The van der Waals surface area contributed by atoms with Gasteiger partial charge < -0.3 is 4.74 Å². The highest BCUT2D eigenvalue weighted by atomic mass is 79.9. The van der Waals surface area contributed by atoms with E-state index in [-0.39, 0.29) is 5.75 Å². The number of halogens is 7. The van der Waals surface area contributed by atoms with Gasteiger partial charge in [0.25, 0.3) is 0 Å². The van der Waals surface area contributed by atoms with Crippen molar-refractivity contribution in [3.63, 3.8) is 0 Å². The zero-order valence-corrected chi connectivity index (χ0v) is 10.0. The third kappa shape index (κ3) is 3.94. The first-order chi connectivity index (χ1) is 8.12. The molecule has 8 heteroatoms. The van der Waals surface area contributed by atoms with Gasteiger partial charge in [-0.1, -0.05) is 18.2 Å². The lowest BCUT2D eigenvalue weighted by atomic mass is 10.3. The molecule has 1 nitrogen and oxygen atoms in total. The third-order valence-corrected chi connectivity index (χ3v) is 2.48. The van der Waals surface area contributed by atoms with E-state index in [1.54, 1.807) is 0 Å². The Morgan fingerprint density at radius 2 is 1.39 bits per heavy atom. The van der Waals surface area contributed by atoms with E-state index in [1.165, 1.54) is 18.2 Å². The third-order valence-electron chi connectivity index (χ3n) is 1.67.